The Hall–Kier alpha value is -2.29. The predicted molar refractivity (Wildman–Crippen MR) is 158 cm³/mol. The van der Waals surface area contributed by atoms with Crippen LogP contribution in [-0.4, -0.2) is 31.7 Å². The van der Waals surface area contributed by atoms with Crippen LogP contribution in [0.2, 0.25) is 15.1 Å². The summed E-state index contributed by atoms with van der Waals surface area (Å²) in [7, 11) is -3.73. The van der Waals surface area contributed by atoms with Gasteiger partial charge in [-0.05, 0) is 78.8 Å². The number of hydrogen-bond donors (Lipinski definition) is 1. The fourth-order valence-electron chi connectivity index (χ4n) is 4.67. The monoisotopic (exact) mass is 608 g/mol. The highest BCUT2D eigenvalue weighted by atomic mass is 35.5. The third kappa shape index (κ3) is 8.12. The van der Waals surface area contributed by atoms with E-state index in [1.165, 1.54) is 16.4 Å². The fourth-order valence-corrected chi connectivity index (χ4v) is 6.85. The van der Waals surface area contributed by atoms with Gasteiger partial charge < -0.3 is 10.1 Å². The van der Waals surface area contributed by atoms with Crippen LogP contribution in [0.15, 0.2) is 65.6 Å². The molecule has 0 radical (unpaired) electrons. The second-order valence-corrected chi connectivity index (χ2v) is 13.8. The van der Waals surface area contributed by atoms with Gasteiger partial charge in [0, 0.05) is 34.6 Å². The number of rotatable bonds is 9. The summed E-state index contributed by atoms with van der Waals surface area (Å²) in [4.78, 5) is 13.4. The largest absolute Gasteiger partial charge is 0.455 e. The van der Waals surface area contributed by atoms with Crippen LogP contribution in [0.5, 0.6) is 11.5 Å². The summed E-state index contributed by atoms with van der Waals surface area (Å²) in [5.74, 6) is 0.364. The molecule has 0 saturated carbocycles. The normalized spacial score (nSPS) is 14.7. The van der Waals surface area contributed by atoms with E-state index in [0.29, 0.717) is 40.3 Å². The number of nitrogens with one attached hydrogen (secondary N) is 1. The van der Waals surface area contributed by atoms with Gasteiger partial charge >= 0.3 is 0 Å². The minimum Gasteiger partial charge on any atom is -0.455 e. The molecule has 0 aliphatic carbocycles. The number of carbonyl (C=O) groups excluding carboxylic acids is 1. The summed E-state index contributed by atoms with van der Waals surface area (Å²) in [5, 5.41) is 4.32. The van der Waals surface area contributed by atoms with E-state index in [-0.39, 0.29) is 34.1 Å². The molecular formula is C29H31Cl3N2O4S. The molecule has 0 atom stereocenters. The molecule has 0 bridgehead atoms. The predicted octanol–water partition coefficient (Wildman–Crippen LogP) is 8.21. The summed E-state index contributed by atoms with van der Waals surface area (Å²) < 4.78 is 34.2. The maximum atomic E-state index is 13.4. The Morgan fingerprint density at radius 2 is 1.54 bits per heavy atom. The van der Waals surface area contributed by atoms with Crippen LogP contribution in [-0.2, 0) is 21.2 Å². The van der Waals surface area contributed by atoms with Gasteiger partial charge in [-0.3, -0.25) is 4.79 Å². The van der Waals surface area contributed by atoms with Crippen LogP contribution in [0.25, 0.3) is 0 Å². The van der Waals surface area contributed by atoms with Crippen LogP contribution in [0.4, 0.5) is 5.69 Å². The molecule has 0 unspecified atom stereocenters. The highest BCUT2D eigenvalue weighted by molar-refractivity contribution is 7.89. The van der Waals surface area contributed by atoms with E-state index in [0.717, 1.165) is 24.8 Å². The molecular weight excluding hydrogens is 579 g/mol. The second-order valence-electron chi connectivity index (χ2n) is 10.5. The zero-order valence-electron chi connectivity index (χ0n) is 21.8. The Morgan fingerprint density at radius 3 is 2.18 bits per heavy atom. The average molecular weight is 610 g/mol. The van der Waals surface area contributed by atoms with Crippen molar-refractivity contribution in [2.75, 3.05) is 18.4 Å². The maximum absolute atomic E-state index is 13.4. The summed E-state index contributed by atoms with van der Waals surface area (Å²) in [6.07, 6.45) is 3.51. The molecule has 1 aliphatic rings. The average Bonchev–Trinajstić information content (AvgIpc) is 2.86. The van der Waals surface area contributed by atoms with Gasteiger partial charge in [0.05, 0.1) is 10.6 Å². The number of sulfonamides is 1. The van der Waals surface area contributed by atoms with Crippen LogP contribution in [0.3, 0.4) is 0 Å². The Balaban J connectivity index is 1.60. The van der Waals surface area contributed by atoms with Crippen molar-refractivity contribution in [3.8, 4) is 11.5 Å². The van der Waals surface area contributed by atoms with E-state index in [2.05, 4.69) is 5.32 Å². The summed E-state index contributed by atoms with van der Waals surface area (Å²) >= 11 is 18.3. The highest BCUT2D eigenvalue weighted by Gasteiger charge is 2.28. The van der Waals surface area contributed by atoms with Crippen molar-refractivity contribution in [3.05, 3.63) is 81.3 Å². The molecule has 3 aromatic carbocycles. The molecule has 1 aliphatic heterocycles. The van der Waals surface area contributed by atoms with Crippen molar-refractivity contribution in [2.45, 2.75) is 50.8 Å². The van der Waals surface area contributed by atoms with E-state index >= 15 is 0 Å². The van der Waals surface area contributed by atoms with Crippen molar-refractivity contribution >= 4 is 56.4 Å². The molecule has 39 heavy (non-hydrogen) atoms. The van der Waals surface area contributed by atoms with Crippen molar-refractivity contribution in [1.29, 1.82) is 0 Å². The first kappa shape index (κ1) is 29.7. The van der Waals surface area contributed by atoms with E-state index in [1.54, 1.807) is 24.3 Å². The molecule has 3 aromatic rings. The lowest BCUT2D eigenvalue weighted by molar-refractivity contribution is -0.118. The van der Waals surface area contributed by atoms with E-state index < -0.39 is 10.0 Å². The third-order valence-corrected chi connectivity index (χ3v) is 9.06. The van der Waals surface area contributed by atoms with Crippen molar-refractivity contribution < 1.29 is 17.9 Å². The number of anilines is 1. The number of ether oxygens (including phenoxy) is 1. The van der Waals surface area contributed by atoms with Crippen molar-refractivity contribution in [3.63, 3.8) is 0 Å². The van der Waals surface area contributed by atoms with Crippen LogP contribution >= 0.6 is 34.8 Å². The molecule has 4 rings (SSSR count). The van der Waals surface area contributed by atoms with E-state index in [4.69, 9.17) is 39.5 Å². The summed E-state index contributed by atoms with van der Waals surface area (Å²) in [6, 6.07) is 16.8. The molecule has 1 fully saturated rings. The first-order valence-corrected chi connectivity index (χ1v) is 15.3. The second kappa shape index (κ2) is 12.5. The lowest BCUT2D eigenvalue weighted by atomic mass is 9.82. The molecule has 0 aromatic heterocycles. The van der Waals surface area contributed by atoms with E-state index in [9.17, 15) is 13.2 Å². The van der Waals surface area contributed by atoms with Gasteiger partial charge in [0.15, 0.2) is 5.75 Å². The highest BCUT2D eigenvalue weighted by Crippen LogP contribution is 2.36. The number of hydrogen-bond acceptors (Lipinski definition) is 4. The van der Waals surface area contributed by atoms with Gasteiger partial charge in [-0.25, -0.2) is 8.42 Å². The van der Waals surface area contributed by atoms with Gasteiger partial charge in [-0.1, -0.05) is 67.2 Å². The Morgan fingerprint density at radius 1 is 0.897 bits per heavy atom. The third-order valence-electron chi connectivity index (χ3n) is 6.48. The number of carbonyl (C=O) groups is 1. The minimum absolute atomic E-state index is 0.0941. The Labute approximate surface area is 245 Å². The Kier molecular flexibility index (Phi) is 9.50. The van der Waals surface area contributed by atoms with Crippen LogP contribution in [0.1, 0.15) is 45.1 Å². The van der Waals surface area contributed by atoms with Gasteiger partial charge in [0.1, 0.15) is 5.75 Å². The molecule has 10 heteroatoms. The van der Waals surface area contributed by atoms with Gasteiger partial charge in [0.25, 0.3) is 0 Å². The SMILES string of the molecule is CC(C)(CC(=O)Nc1cc(S(=O)(=O)N2CCCCC2)ccc1Oc1cc(Cl)cc(Cl)c1)Cc1ccc(Cl)cc1. The molecule has 1 heterocycles. The topological polar surface area (TPSA) is 75.7 Å². The lowest BCUT2D eigenvalue weighted by Gasteiger charge is -2.26. The number of halogens is 3. The molecule has 208 valence electrons. The van der Waals surface area contributed by atoms with Gasteiger partial charge in [0.2, 0.25) is 15.9 Å². The number of piperidine rings is 1. The summed E-state index contributed by atoms with van der Waals surface area (Å²) in [6.45, 7) is 4.96. The molecule has 1 N–H and O–H groups in total. The zero-order chi connectivity index (χ0) is 28.2. The van der Waals surface area contributed by atoms with Gasteiger partial charge in [-0.15, -0.1) is 0 Å². The molecule has 6 nitrogen and oxygen atoms in total. The van der Waals surface area contributed by atoms with E-state index in [1.807, 2.05) is 38.1 Å². The number of nitrogens with zero attached hydrogens (tertiary/aromatic N) is 1. The smallest absolute Gasteiger partial charge is 0.243 e. The lowest BCUT2D eigenvalue weighted by Crippen LogP contribution is -2.35. The maximum Gasteiger partial charge on any atom is 0.243 e. The van der Waals surface area contributed by atoms with Crippen LogP contribution in [0, 0.1) is 5.41 Å². The minimum atomic E-state index is -3.73. The fraction of sp³-hybridized carbons (Fsp3) is 0.345. The first-order chi connectivity index (χ1) is 18.4. The van der Waals surface area contributed by atoms with Gasteiger partial charge in [-0.2, -0.15) is 4.31 Å². The number of benzene rings is 3. The molecule has 1 saturated heterocycles. The first-order valence-electron chi connectivity index (χ1n) is 12.7. The number of amides is 1. The molecule has 1 amide bonds. The van der Waals surface area contributed by atoms with Crippen molar-refractivity contribution in [2.24, 2.45) is 5.41 Å². The Bertz CT molecular complexity index is 1420. The summed E-state index contributed by atoms with van der Waals surface area (Å²) in [5.41, 5.74) is 0.932. The quantitative estimate of drug-likeness (QED) is 0.265. The standard InChI is InChI=1S/C29H31Cl3N2O4S/c1-29(2,18-20-6-8-21(30)9-7-20)19-28(35)33-26-17-25(39(36,37)34-12-4-3-5-13-34)10-11-27(26)38-24-15-22(31)14-23(32)16-24/h6-11,14-17H,3-5,12-13,18-19H2,1-2H3,(H,33,35). The van der Waals surface area contributed by atoms with Crippen LogP contribution < -0.4 is 10.1 Å². The van der Waals surface area contributed by atoms with Crippen molar-refractivity contribution in [1.82, 2.24) is 4.31 Å². The molecule has 0 spiro atoms. The zero-order valence-corrected chi connectivity index (χ0v) is 24.9.